The van der Waals surface area contributed by atoms with Crippen LogP contribution in [0.5, 0.6) is 0 Å². The topological polar surface area (TPSA) is 48.5 Å². The first-order valence-electron chi connectivity index (χ1n) is 10.7. The van der Waals surface area contributed by atoms with E-state index in [1.54, 1.807) is 18.1 Å². The number of benzene rings is 1. The molecule has 0 unspecified atom stereocenters. The van der Waals surface area contributed by atoms with E-state index in [4.69, 9.17) is 0 Å². The van der Waals surface area contributed by atoms with Gasteiger partial charge in [-0.05, 0) is 56.6 Å². The fraction of sp³-hybridized carbons (Fsp3) is 0.565. The Morgan fingerprint density at radius 2 is 2.10 bits per heavy atom. The summed E-state index contributed by atoms with van der Waals surface area (Å²) in [6, 6.07) is 8.14. The number of nitrogens with zero attached hydrogens (tertiary/aromatic N) is 3. The fourth-order valence-corrected chi connectivity index (χ4v) is 4.82. The summed E-state index contributed by atoms with van der Waals surface area (Å²) in [7, 11) is 1.70. The molecule has 1 amide bonds. The molecule has 5 nitrogen and oxygen atoms in total. The molecule has 2 saturated heterocycles. The number of fused-ring (bicyclic) bond motifs is 1. The van der Waals surface area contributed by atoms with E-state index in [9.17, 15) is 13.6 Å². The highest BCUT2D eigenvalue weighted by molar-refractivity contribution is 5.94. The number of likely N-dealkylation sites (tertiary alicyclic amines) is 1. The van der Waals surface area contributed by atoms with Gasteiger partial charge in [-0.1, -0.05) is 13.0 Å². The van der Waals surface area contributed by atoms with Crippen molar-refractivity contribution >= 4 is 22.5 Å². The summed E-state index contributed by atoms with van der Waals surface area (Å²) in [6.07, 6.45) is 2.04. The van der Waals surface area contributed by atoms with Crippen LogP contribution in [0.2, 0.25) is 0 Å². The average Bonchev–Trinajstić information content (AvgIpc) is 3.04. The van der Waals surface area contributed by atoms with Crippen molar-refractivity contribution in [2.45, 2.75) is 38.7 Å². The van der Waals surface area contributed by atoms with E-state index in [0.29, 0.717) is 19.5 Å². The lowest BCUT2D eigenvalue weighted by atomic mass is 9.89. The molecule has 1 aromatic carbocycles. The number of alkyl halides is 2. The Balaban J connectivity index is 1.43. The molecule has 0 aliphatic carbocycles. The first kappa shape index (κ1) is 21.0. The molecule has 7 heteroatoms. The van der Waals surface area contributed by atoms with Gasteiger partial charge in [-0.3, -0.25) is 9.78 Å². The zero-order valence-corrected chi connectivity index (χ0v) is 17.9. The summed E-state index contributed by atoms with van der Waals surface area (Å²) >= 11 is 0. The molecule has 0 bridgehead atoms. The van der Waals surface area contributed by atoms with E-state index in [-0.39, 0.29) is 30.8 Å². The number of piperidine rings is 1. The minimum atomic E-state index is -2.81. The Labute approximate surface area is 176 Å². The zero-order chi connectivity index (χ0) is 21.5. The van der Waals surface area contributed by atoms with Crippen LogP contribution in [0.1, 0.15) is 25.3 Å². The van der Waals surface area contributed by atoms with Crippen LogP contribution in [-0.2, 0) is 4.79 Å². The van der Waals surface area contributed by atoms with Crippen molar-refractivity contribution in [1.29, 1.82) is 0 Å². The number of carbonyl (C=O) groups is 1. The summed E-state index contributed by atoms with van der Waals surface area (Å²) in [6.45, 7) is 5.96. The monoisotopic (exact) mass is 416 g/mol. The molecule has 1 N–H and O–H groups in total. The Kier molecular flexibility index (Phi) is 5.66. The predicted octanol–water partition coefficient (Wildman–Crippen LogP) is 3.46. The number of aromatic nitrogens is 1. The lowest BCUT2D eigenvalue weighted by molar-refractivity contribution is -0.135. The number of hydrogen-bond acceptors (Lipinski definition) is 4. The number of carbonyl (C=O) groups excluding carboxylic acids is 1. The molecule has 0 spiro atoms. The van der Waals surface area contributed by atoms with Gasteiger partial charge in [0.2, 0.25) is 5.91 Å². The predicted molar refractivity (Wildman–Crippen MR) is 115 cm³/mol. The number of halogens is 2. The number of pyridine rings is 1. The minimum absolute atomic E-state index is 0.0505. The molecule has 2 aromatic rings. The van der Waals surface area contributed by atoms with Crippen molar-refractivity contribution in [2.24, 2.45) is 11.8 Å². The van der Waals surface area contributed by atoms with Gasteiger partial charge in [0.15, 0.2) is 0 Å². The maximum atomic E-state index is 14.3. The second-order valence-electron chi connectivity index (χ2n) is 9.05. The van der Waals surface area contributed by atoms with Gasteiger partial charge in [0.1, 0.15) is 0 Å². The Morgan fingerprint density at radius 1 is 1.30 bits per heavy atom. The van der Waals surface area contributed by atoms with Crippen molar-refractivity contribution in [3.63, 3.8) is 0 Å². The van der Waals surface area contributed by atoms with Crippen LogP contribution in [-0.4, -0.2) is 61.0 Å². The normalized spacial score (nSPS) is 26.8. The van der Waals surface area contributed by atoms with Crippen LogP contribution in [0.25, 0.3) is 10.9 Å². The average molecular weight is 417 g/mol. The van der Waals surface area contributed by atoms with Gasteiger partial charge in [-0.15, -0.1) is 0 Å². The number of rotatable bonds is 4. The van der Waals surface area contributed by atoms with Crippen LogP contribution >= 0.6 is 0 Å². The quantitative estimate of drug-likeness (QED) is 0.829. The van der Waals surface area contributed by atoms with Gasteiger partial charge in [-0.2, -0.15) is 0 Å². The summed E-state index contributed by atoms with van der Waals surface area (Å²) < 4.78 is 28.6. The molecular weight excluding hydrogens is 386 g/mol. The molecule has 3 atom stereocenters. The third-order valence-corrected chi connectivity index (χ3v) is 6.62. The molecule has 4 rings (SSSR count). The molecule has 162 valence electrons. The van der Waals surface area contributed by atoms with E-state index < -0.39 is 11.8 Å². The van der Waals surface area contributed by atoms with Crippen molar-refractivity contribution < 1.29 is 13.6 Å². The van der Waals surface area contributed by atoms with Crippen LogP contribution < -0.4 is 10.2 Å². The molecule has 0 saturated carbocycles. The zero-order valence-electron chi connectivity index (χ0n) is 17.9. The summed E-state index contributed by atoms with van der Waals surface area (Å²) in [4.78, 5) is 21.0. The first-order valence-corrected chi connectivity index (χ1v) is 10.7. The molecule has 0 radical (unpaired) electrons. The van der Waals surface area contributed by atoms with Crippen LogP contribution in [0.3, 0.4) is 0 Å². The first-order chi connectivity index (χ1) is 14.2. The highest BCUT2D eigenvalue weighted by Crippen LogP contribution is 2.35. The molecule has 2 aliphatic rings. The smallest absolute Gasteiger partial charge is 0.263 e. The van der Waals surface area contributed by atoms with E-state index in [1.807, 2.05) is 13.0 Å². The molecule has 1 aromatic heterocycles. The molecular formula is C23H30F2N4O. The van der Waals surface area contributed by atoms with Crippen molar-refractivity contribution in [3.8, 4) is 0 Å². The van der Waals surface area contributed by atoms with Gasteiger partial charge in [0, 0.05) is 42.7 Å². The number of nitrogens with one attached hydrogen (secondary N) is 1. The molecule has 2 fully saturated rings. The standard InChI is InChI=1S/C23H30F2N4O/c1-15-6-7-20(18-5-4-9-26-22(15)18)29-12-16(2)19(13-29)27-21(30)11-17-8-10-28(3)14-23(17,24)25/h4-7,9,16-17,19H,8,10-14H2,1-3H3,(H,27,30)/t16-,17+,19+/m1/s1. The van der Waals surface area contributed by atoms with Crippen LogP contribution in [0.15, 0.2) is 30.5 Å². The SMILES string of the molecule is Cc1ccc(N2C[C@@H](C)[C@@H](NC(=O)C[C@@H]3CCN(C)CC3(F)F)C2)c2cccnc12. The summed E-state index contributed by atoms with van der Waals surface area (Å²) in [5.74, 6) is -3.72. The molecule has 2 aliphatic heterocycles. The van der Waals surface area contributed by atoms with E-state index >= 15 is 0 Å². The number of hydrogen-bond donors (Lipinski definition) is 1. The van der Waals surface area contributed by atoms with E-state index in [1.165, 1.54) is 0 Å². The van der Waals surface area contributed by atoms with Gasteiger partial charge < -0.3 is 15.1 Å². The lowest BCUT2D eigenvalue weighted by Crippen LogP contribution is -2.49. The Bertz CT molecular complexity index is 935. The maximum absolute atomic E-state index is 14.3. The molecule has 30 heavy (non-hydrogen) atoms. The van der Waals surface area contributed by atoms with Gasteiger partial charge in [0.05, 0.1) is 18.1 Å². The second kappa shape index (κ2) is 8.10. The number of anilines is 1. The lowest BCUT2D eigenvalue weighted by Gasteiger charge is -2.36. The van der Waals surface area contributed by atoms with Gasteiger partial charge in [0.25, 0.3) is 5.92 Å². The van der Waals surface area contributed by atoms with Crippen molar-refractivity contribution in [1.82, 2.24) is 15.2 Å². The largest absolute Gasteiger partial charge is 0.369 e. The summed E-state index contributed by atoms with van der Waals surface area (Å²) in [5, 5.41) is 4.14. The third-order valence-electron chi connectivity index (χ3n) is 6.62. The number of amides is 1. The molecule has 3 heterocycles. The van der Waals surface area contributed by atoms with Gasteiger partial charge >= 0.3 is 0 Å². The highest BCUT2D eigenvalue weighted by Gasteiger charge is 2.44. The Morgan fingerprint density at radius 3 is 2.87 bits per heavy atom. The van der Waals surface area contributed by atoms with Gasteiger partial charge in [-0.25, -0.2) is 8.78 Å². The Hall–Kier alpha value is -2.28. The van der Waals surface area contributed by atoms with Crippen LogP contribution in [0, 0.1) is 18.8 Å². The fourth-order valence-electron chi connectivity index (χ4n) is 4.82. The van der Waals surface area contributed by atoms with E-state index in [2.05, 4.69) is 40.3 Å². The summed E-state index contributed by atoms with van der Waals surface area (Å²) in [5.41, 5.74) is 3.22. The van der Waals surface area contributed by atoms with Crippen LogP contribution in [0.4, 0.5) is 14.5 Å². The van der Waals surface area contributed by atoms with E-state index in [0.717, 1.165) is 28.7 Å². The number of aryl methyl sites for hydroxylation is 1. The van der Waals surface area contributed by atoms with Crippen molar-refractivity contribution in [2.75, 3.05) is 38.1 Å². The highest BCUT2D eigenvalue weighted by atomic mass is 19.3. The second-order valence-corrected chi connectivity index (χ2v) is 9.05. The van der Waals surface area contributed by atoms with Crippen molar-refractivity contribution in [3.05, 3.63) is 36.0 Å². The minimum Gasteiger partial charge on any atom is -0.369 e. The third kappa shape index (κ3) is 4.13. The maximum Gasteiger partial charge on any atom is 0.263 e.